The summed E-state index contributed by atoms with van der Waals surface area (Å²) in [7, 11) is 0. The van der Waals surface area contributed by atoms with Gasteiger partial charge in [0.25, 0.3) is 0 Å². The van der Waals surface area contributed by atoms with E-state index in [4.69, 9.17) is 0 Å². The van der Waals surface area contributed by atoms with Gasteiger partial charge in [-0.15, -0.1) is 13.8 Å². The molecule has 0 fully saturated rings. The molecule has 0 atom stereocenters. The topological polar surface area (TPSA) is 0 Å². The van der Waals surface area contributed by atoms with E-state index in [1.54, 1.807) is 0 Å². The van der Waals surface area contributed by atoms with Crippen molar-refractivity contribution < 1.29 is 31.1 Å². The Bertz CT molecular complexity index is 484. The molecule has 0 amide bonds. The molecule has 0 saturated carbocycles. The van der Waals surface area contributed by atoms with Crippen molar-refractivity contribution >= 4 is 0 Å². The van der Waals surface area contributed by atoms with Gasteiger partial charge < -0.3 is 0 Å². The molecule has 0 radical (unpaired) electrons. The normalized spacial score (nSPS) is 22.4. The molecule has 2 aliphatic rings. The Hall–Kier alpha value is 0.0119. The van der Waals surface area contributed by atoms with E-state index in [1.807, 2.05) is 0 Å². The molecule has 0 N–H and O–H groups in total. The van der Waals surface area contributed by atoms with Crippen molar-refractivity contribution in [2.24, 2.45) is 10.8 Å². The zero-order valence-corrected chi connectivity index (χ0v) is 19.7. The summed E-state index contributed by atoms with van der Waals surface area (Å²) in [4.78, 5) is 0. The minimum Gasteiger partial charge on any atom is -0.263 e. The van der Waals surface area contributed by atoms with Crippen LogP contribution in [0.25, 0.3) is 0 Å². The van der Waals surface area contributed by atoms with E-state index in [0.717, 1.165) is 0 Å². The number of hydrogen-bond donors (Lipinski definition) is 0. The Morgan fingerprint density at radius 3 is 0.857 bits per heavy atom. The van der Waals surface area contributed by atoms with Crippen molar-refractivity contribution in [3.8, 4) is 0 Å². The van der Waals surface area contributed by atoms with Gasteiger partial charge in [0.1, 0.15) is 0 Å². The van der Waals surface area contributed by atoms with E-state index < -0.39 is 0 Å². The fourth-order valence-corrected chi connectivity index (χ4v) is 2.81. The number of rotatable bonds is 0. The second kappa shape index (κ2) is 7.06. The molecule has 0 spiro atoms. The summed E-state index contributed by atoms with van der Waals surface area (Å²) in [6, 6.07) is 0. The first-order valence-corrected chi connectivity index (χ1v) is 7.50. The van der Waals surface area contributed by atoms with Crippen molar-refractivity contribution in [1.29, 1.82) is 0 Å². The fraction of sp³-hybridized carbons (Fsp3) is 0.600. The molecular formula is C20H30U. The van der Waals surface area contributed by atoms with Crippen molar-refractivity contribution in [2.45, 2.75) is 69.2 Å². The Morgan fingerprint density at radius 2 is 0.810 bits per heavy atom. The van der Waals surface area contributed by atoms with E-state index in [2.05, 4.69) is 81.4 Å². The van der Waals surface area contributed by atoms with Gasteiger partial charge in [-0.3, -0.25) is 12.2 Å². The maximum absolute atomic E-state index is 3.44. The van der Waals surface area contributed by atoms with Crippen LogP contribution in [-0.4, -0.2) is 0 Å². The van der Waals surface area contributed by atoms with Crippen molar-refractivity contribution in [3.63, 3.8) is 0 Å². The largest absolute Gasteiger partial charge is 2.00 e. The molecule has 0 aromatic carbocycles. The smallest absolute Gasteiger partial charge is 0.263 e. The van der Waals surface area contributed by atoms with Crippen LogP contribution in [-0.2, 0) is 0 Å². The summed E-state index contributed by atoms with van der Waals surface area (Å²) in [6.07, 6.45) is 6.87. The average molecular weight is 508 g/mol. The molecule has 0 heterocycles. The molecule has 21 heavy (non-hydrogen) atoms. The Balaban J connectivity index is 0.000000364. The standard InChI is InChI=1S/2C10H15.U/c2*1-7-6-10(4,5)9(3)8(7)2;/h2*1-5H3;/q2*-1;+2. The van der Waals surface area contributed by atoms with Crippen LogP contribution < -0.4 is 0 Å². The molecule has 1 heteroatoms. The van der Waals surface area contributed by atoms with Gasteiger partial charge in [-0.25, -0.2) is 11.1 Å². The molecule has 0 unspecified atom stereocenters. The van der Waals surface area contributed by atoms with Gasteiger partial charge in [-0.1, -0.05) is 66.2 Å². The number of hydrogen-bond acceptors (Lipinski definition) is 0. The summed E-state index contributed by atoms with van der Waals surface area (Å²) in [6.45, 7) is 21.8. The molecule has 0 aliphatic heterocycles. The first-order chi connectivity index (χ1) is 8.90. The molecule has 2 rings (SSSR count). The van der Waals surface area contributed by atoms with Crippen LogP contribution in [0, 0.1) is 54.1 Å². The van der Waals surface area contributed by atoms with Crippen LogP contribution in [0.4, 0.5) is 0 Å². The van der Waals surface area contributed by atoms with Gasteiger partial charge in [0, 0.05) is 0 Å². The Morgan fingerprint density at radius 1 is 0.571 bits per heavy atom. The third kappa shape index (κ3) is 4.49. The summed E-state index contributed by atoms with van der Waals surface area (Å²) >= 11 is 0. The molecule has 0 aromatic heterocycles. The van der Waals surface area contributed by atoms with E-state index in [0.29, 0.717) is 0 Å². The van der Waals surface area contributed by atoms with Crippen LogP contribution in [0.3, 0.4) is 0 Å². The van der Waals surface area contributed by atoms with Gasteiger partial charge in [0.15, 0.2) is 0 Å². The van der Waals surface area contributed by atoms with Crippen molar-refractivity contribution in [3.05, 3.63) is 45.6 Å². The molecule has 114 valence electrons. The molecular weight excluding hydrogens is 478 g/mol. The Kier molecular flexibility index (Phi) is 7.06. The molecule has 0 nitrogen and oxygen atoms in total. The minimum atomic E-state index is 0. The average Bonchev–Trinajstić information content (AvgIpc) is 2.60. The minimum absolute atomic E-state index is 0. The predicted molar refractivity (Wildman–Crippen MR) is 89.2 cm³/mol. The van der Waals surface area contributed by atoms with Crippen LogP contribution >= 0.6 is 0 Å². The molecule has 0 aromatic rings. The van der Waals surface area contributed by atoms with Gasteiger partial charge in [0.2, 0.25) is 0 Å². The number of allylic oxidation sites excluding steroid dienone is 8. The van der Waals surface area contributed by atoms with E-state index in [-0.39, 0.29) is 41.9 Å². The summed E-state index contributed by atoms with van der Waals surface area (Å²) in [5, 5.41) is 0. The monoisotopic (exact) mass is 508 g/mol. The van der Waals surface area contributed by atoms with Crippen LogP contribution in [0.2, 0.25) is 0 Å². The van der Waals surface area contributed by atoms with E-state index in [9.17, 15) is 0 Å². The van der Waals surface area contributed by atoms with Crippen molar-refractivity contribution in [2.75, 3.05) is 0 Å². The van der Waals surface area contributed by atoms with Crippen LogP contribution in [0.15, 0.2) is 33.4 Å². The predicted octanol–water partition coefficient (Wildman–Crippen LogP) is 6.22. The van der Waals surface area contributed by atoms with Gasteiger partial charge in [0.05, 0.1) is 0 Å². The quantitative estimate of drug-likeness (QED) is 0.341. The Labute approximate surface area is 156 Å². The summed E-state index contributed by atoms with van der Waals surface area (Å²) < 4.78 is 0. The van der Waals surface area contributed by atoms with Crippen LogP contribution in [0.1, 0.15) is 69.2 Å². The zero-order valence-electron chi connectivity index (χ0n) is 15.5. The van der Waals surface area contributed by atoms with E-state index >= 15 is 0 Å². The fourth-order valence-electron chi connectivity index (χ4n) is 2.81. The summed E-state index contributed by atoms with van der Waals surface area (Å²) in [5.41, 5.74) is 8.79. The van der Waals surface area contributed by atoms with Crippen molar-refractivity contribution in [1.82, 2.24) is 0 Å². The molecule has 0 bridgehead atoms. The van der Waals surface area contributed by atoms with Gasteiger partial charge in [-0.05, 0) is 0 Å². The molecule has 2 aliphatic carbocycles. The van der Waals surface area contributed by atoms with Crippen LogP contribution in [0.5, 0.6) is 0 Å². The maximum atomic E-state index is 3.44. The SMILES string of the molecule is CC1=[C-]C(C)(C)C(C)=C1C.CC1=[C-]C(C)(C)C(C)=C1C.[U+2]. The zero-order chi connectivity index (χ0) is 15.9. The first-order valence-electron chi connectivity index (χ1n) is 7.50. The second-order valence-electron chi connectivity index (χ2n) is 7.25. The maximum Gasteiger partial charge on any atom is 2.00 e. The summed E-state index contributed by atoms with van der Waals surface area (Å²) in [5.74, 6) is 0. The third-order valence-corrected chi connectivity index (χ3v) is 5.12. The van der Waals surface area contributed by atoms with E-state index in [1.165, 1.54) is 33.4 Å². The third-order valence-electron chi connectivity index (χ3n) is 5.12. The first kappa shape index (κ1) is 21.0. The second-order valence-corrected chi connectivity index (χ2v) is 7.25. The molecule has 0 saturated heterocycles. The van der Waals surface area contributed by atoms with Gasteiger partial charge >= 0.3 is 31.1 Å². The van der Waals surface area contributed by atoms with Gasteiger partial charge in [-0.2, -0.15) is 22.3 Å².